The number of hydrogen-bond donors (Lipinski definition) is 6. The standard InChI is InChI=1S/C25H30N6O2.C19H19F3N6O2.2C2H6/c1-25(2,3)33-24(32)31-16-14-20(15-17-31)27-23-29-21(18-10-6-4-7-11-18)28-22(30-23)26-19-12-8-5-9-13-19;1-10(2)24-17-26-16(12-5-11(9-29)6-14(30)7-12)27-18(28-17)25-13-3-4-23-15(8-13)19(20,21)22;2*1-2/h4-13,20H,14-17H2,1-3H3,(H2,26,27,28,29,30);3-8,10,29-30H,9H2,1-2H3,(H2,23,24,25,26,27,28);2*1-2H3. The van der Waals surface area contributed by atoms with Crippen LogP contribution in [0.2, 0.25) is 0 Å². The number of carbonyl (C=O) groups is 1. The quantitative estimate of drug-likeness (QED) is 0.0714. The van der Waals surface area contributed by atoms with Crippen molar-refractivity contribution in [1.29, 1.82) is 0 Å². The number of halogens is 3. The van der Waals surface area contributed by atoms with Crippen LogP contribution < -0.4 is 21.3 Å². The molecule has 1 aliphatic rings. The molecule has 0 spiro atoms. The number of anilines is 6. The number of likely N-dealkylation sites (tertiary alicyclic amines) is 1. The van der Waals surface area contributed by atoms with Gasteiger partial charge in [-0.05, 0) is 95.5 Å². The zero-order chi connectivity index (χ0) is 49.1. The highest BCUT2D eigenvalue weighted by Gasteiger charge is 2.32. The molecule has 1 amide bonds. The van der Waals surface area contributed by atoms with Crippen LogP contribution in [0.15, 0.2) is 97.2 Å². The molecule has 0 unspecified atom stereocenters. The number of para-hydroxylation sites is 1. The Morgan fingerprint density at radius 2 is 1.28 bits per heavy atom. The summed E-state index contributed by atoms with van der Waals surface area (Å²) in [4.78, 5) is 44.0. The zero-order valence-corrected chi connectivity index (χ0v) is 39.4. The molecule has 0 saturated carbocycles. The summed E-state index contributed by atoms with van der Waals surface area (Å²) in [6.07, 6.45) is -2.25. The first-order valence-corrected chi connectivity index (χ1v) is 22.1. The third-order valence-corrected chi connectivity index (χ3v) is 8.96. The van der Waals surface area contributed by atoms with E-state index < -0.39 is 17.5 Å². The van der Waals surface area contributed by atoms with Crippen LogP contribution in [0.4, 0.5) is 53.1 Å². The molecule has 1 fully saturated rings. The molecule has 6 N–H and O–H groups in total. The minimum absolute atomic E-state index is 0.00336. The lowest BCUT2D eigenvalue weighted by atomic mass is 10.1. The normalized spacial score (nSPS) is 12.5. The number of aromatic hydroxyl groups is 1. The third kappa shape index (κ3) is 17.0. The molecule has 1 saturated heterocycles. The van der Waals surface area contributed by atoms with Crippen molar-refractivity contribution in [3.8, 4) is 28.5 Å². The molecule has 358 valence electrons. The Hall–Kier alpha value is -7.15. The highest BCUT2D eigenvalue weighted by molar-refractivity contribution is 5.68. The predicted octanol–water partition coefficient (Wildman–Crippen LogP) is 10.9. The van der Waals surface area contributed by atoms with E-state index in [0.29, 0.717) is 41.9 Å². The second-order valence-electron chi connectivity index (χ2n) is 15.8. The van der Waals surface area contributed by atoms with Gasteiger partial charge in [0.15, 0.2) is 11.6 Å². The summed E-state index contributed by atoms with van der Waals surface area (Å²) in [5.74, 6) is 1.84. The number of ether oxygens (including phenoxy) is 1. The summed E-state index contributed by atoms with van der Waals surface area (Å²) in [6.45, 7) is 18.3. The van der Waals surface area contributed by atoms with Crippen molar-refractivity contribution in [3.05, 3.63) is 108 Å². The Morgan fingerprint density at radius 3 is 1.87 bits per heavy atom. The molecular weight excluding hydrogens is 866 g/mol. The average molecular weight is 927 g/mol. The Bertz CT molecular complexity index is 2450. The van der Waals surface area contributed by atoms with Crippen molar-refractivity contribution in [2.45, 2.75) is 106 Å². The van der Waals surface area contributed by atoms with Crippen LogP contribution in [0, 0.1) is 0 Å². The molecule has 0 radical (unpaired) electrons. The summed E-state index contributed by atoms with van der Waals surface area (Å²) >= 11 is 0. The summed E-state index contributed by atoms with van der Waals surface area (Å²) in [5.41, 5.74) is 1.22. The van der Waals surface area contributed by atoms with E-state index in [4.69, 9.17) is 4.74 Å². The number of nitrogens with zero attached hydrogens (tertiary/aromatic N) is 8. The van der Waals surface area contributed by atoms with E-state index in [1.54, 1.807) is 11.0 Å². The number of aliphatic hydroxyl groups excluding tert-OH is 1. The number of phenols is 1. The molecule has 16 nitrogen and oxygen atoms in total. The largest absolute Gasteiger partial charge is 0.508 e. The van der Waals surface area contributed by atoms with Crippen LogP contribution in [0.25, 0.3) is 22.8 Å². The zero-order valence-electron chi connectivity index (χ0n) is 39.4. The Morgan fingerprint density at radius 1 is 0.731 bits per heavy atom. The summed E-state index contributed by atoms with van der Waals surface area (Å²) in [7, 11) is 0. The summed E-state index contributed by atoms with van der Waals surface area (Å²) in [6, 6.07) is 26.4. The van der Waals surface area contributed by atoms with E-state index in [-0.39, 0.29) is 53.9 Å². The Kier molecular flexibility index (Phi) is 19.5. The molecule has 19 heteroatoms. The lowest BCUT2D eigenvalue weighted by Crippen LogP contribution is -2.44. The van der Waals surface area contributed by atoms with Crippen molar-refractivity contribution in [2.24, 2.45) is 0 Å². The Balaban J connectivity index is 0.000000274. The van der Waals surface area contributed by atoms with Crippen molar-refractivity contribution < 1.29 is 32.9 Å². The van der Waals surface area contributed by atoms with E-state index in [9.17, 15) is 28.2 Å². The molecular formula is C48H61F3N12O4. The summed E-state index contributed by atoms with van der Waals surface area (Å²) < 4.78 is 44.3. The number of aromatic nitrogens is 7. The maximum Gasteiger partial charge on any atom is 0.433 e. The van der Waals surface area contributed by atoms with E-state index >= 15 is 0 Å². The predicted molar refractivity (Wildman–Crippen MR) is 256 cm³/mol. The van der Waals surface area contributed by atoms with Gasteiger partial charge in [-0.2, -0.15) is 43.1 Å². The highest BCUT2D eigenvalue weighted by atomic mass is 19.4. The number of carbonyl (C=O) groups excluding carboxylic acids is 1. The van der Waals surface area contributed by atoms with Crippen LogP contribution in [-0.4, -0.2) is 86.9 Å². The number of nitrogens with one attached hydrogen (secondary N) is 4. The smallest absolute Gasteiger partial charge is 0.433 e. The fourth-order valence-corrected chi connectivity index (χ4v) is 6.15. The fourth-order valence-electron chi connectivity index (χ4n) is 6.15. The first-order chi connectivity index (χ1) is 32.0. The summed E-state index contributed by atoms with van der Waals surface area (Å²) in [5, 5.41) is 31.7. The number of amides is 1. The number of piperidine rings is 1. The van der Waals surface area contributed by atoms with Crippen LogP contribution in [0.3, 0.4) is 0 Å². The fraction of sp³-hybridized carbons (Fsp3) is 0.375. The molecule has 0 atom stereocenters. The first kappa shape index (κ1) is 52.5. The molecule has 4 heterocycles. The number of rotatable bonds is 11. The SMILES string of the molecule is CC.CC.CC(C)(C)OC(=O)N1CCC(Nc2nc(Nc3ccccc3)nc(-c3ccccc3)n2)CC1.CC(C)Nc1nc(Nc2ccnc(C(F)(F)F)c2)nc(-c2cc(O)cc(CO)c2)n1. The number of aliphatic hydroxyl groups is 1. The number of benzene rings is 3. The molecule has 6 aromatic rings. The van der Waals surface area contributed by atoms with Crippen molar-refractivity contribution >= 4 is 41.3 Å². The van der Waals surface area contributed by atoms with Gasteiger partial charge in [-0.25, -0.2) is 4.79 Å². The number of phenolic OH excluding ortho intramolecular Hbond substituents is 1. The number of hydrogen-bond acceptors (Lipinski definition) is 15. The lowest BCUT2D eigenvalue weighted by molar-refractivity contribution is -0.141. The third-order valence-electron chi connectivity index (χ3n) is 8.96. The van der Waals surface area contributed by atoms with Gasteiger partial charge in [0.2, 0.25) is 23.8 Å². The van der Waals surface area contributed by atoms with Crippen molar-refractivity contribution in [3.63, 3.8) is 0 Å². The van der Waals surface area contributed by atoms with E-state index in [0.717, 1.165) is 36.4 Å². The van der Waals surface area contributed by atoms with E-state index in [2.05, 4.69) is 56.2 Å². The van der Waals surface area contributed by atoms with E-state index in [1.807, 2.05) is 123 Å². The maximum absolute atomic E-state index is 12.9. The molecule has 67 heavy (non-hydrogen) atoms. The molecule has 7 rings (SSSR count). The monoisotopic (exact) mass is 926 g/mol. The van der Waals surface area contributed by atoms with Gasteiger partial charge in [-0.1, -0.05) is 76.2 Å². The Labute approximate surface area is 390 Å². The highest BCUT2D eigenvalue weighted by Crippen LogP contribution is 2.31. The van der Waals surface area contributed by atoms with E-state index in [1.165, 1.54) is 18.2 Å². The number of alkyl halides is 3. The van der Waals surface area contributed by atoms with Crippen LogP contribution in [0.1, 0.15) is 86.4 Å². The number of pyridine rings is 1. The van der Waals surface area contributed by atoms with Gasteiger partial charge >= 0.3 is 12.3 Å². The molecule has 3 aromatic heterocycles. The van der Waals surface area contributed by atoms with Crippen molar-refractivity contribution in [2.75, 3.05) is 34.4 Å². The second-order valence-corrected chi connectivity index (χ2v) is 15.8. The first-order valence-electron chi connectivity index (χ1n) is 22.1. The lowest BCUT2D eigenvalue weighted by Gasteiger charge is -2.33. The second kappa shape index (κ2) is 24.9. The minimum atomic E-state index is -4.59. The van der Waals surface area contributed by atoms with Gasteiger partial charge in [0, 0.05) is 53.9 Å². The van der Waals surface area contributed by atoms with Gasteiger partial charge in [0.25, 0.3) is 0 Å². The van der Waals surface area contributed by atoms with Gasteiger partial charge in [0.05, 0.1) is 6.61 Å². The van der Waals surface area contributed by atoms with Crippen LogP contribution in [-0.2, 0) is 17.5 Å². The van der Waals surface area contributed by atoms with Crippen molar-refractivity contribution in [1.82, 2.24) is 39.8 Å². The maximum atomic E-state index is 12.9. The average Bonchev–Trinajstić information content (AvgIpc) is 3.30. The molecule has 0 bridgehead atoms. The van der Waals surface area contributed by atoms with Gasteiger partial charge in [0.1, 0.15) is 17.0 Å². The molecule has 3 aromatic carbocycles. The van der Waals surface area contributed by atoms with Crippen LogP contribution >= 0.6 is 0 Å². The topological polar surface area (TPSA) is 208 Å². The van der Waals surface area contributed by atoms with Crippen LogP contribution in [0.5, 0.6) is 5.75 Å². The van der Waals surface area contributed by atoms with Gasteiger partial charge in [-0.3, -0.25) is 4.98 Å². The van der Waals surface area contributed by atoms with Gasteiger partial charge < -0.3 is 41.1 Å². The minimum Gasteiger partial charge on any atom is -0.508 e. The van der Waals surface area contributed by atoms with Gasteiger partial charge in [-0.15, -0.1) is 0 Å². The molecule has 1 aliphatic heterocycles. The molecule has 0 aliphatic carbocycles.